The van der Waals surface area contributed by atoms with E-state index in [1.165, 1.54) is 5.56 Å². The van der Waals surface area contributed by atoms with Gasteiger partial charge >= 0.3 is 5.97 Å². The number of esters is 1. The number of benzene rings is 1. The average molecular weight is 219 g/mol. The molecule has 0 spiro atoms. The van der Waals surface area contributed by atoms with Crippen LogP contribution in [-0.4, -0.2) is 5.97 Å². The van der Waals surface area contributed by atoms with E-state index >= 15 is 0 Å². The average Bonchev–Trinajstić information content (AvgIpc) is 2.17. The van der Waals surface area contributed by atoms with Gasteiger partial charge in [0.05, 0.1) is 0 Å². The van der Waals surface area contributed by atoms with E-state index in [1.807, 2.05) is 12.1 Å². The van der Waals surface area contributed by atoms with Crippen LogP contribution in [-0.2, 0) is 10.2 Å². The highest BCUT2D eigenvalue weighted by atomic mass is 16.5. The largest absolute Gasteiger partial charge is 0.422 e. The van der Waals surface area contributed by atoms with Gasteiger partial charge in [-0.15, -0.1) is 0 Å². The van der Waals surface area contributed by atoms with Gasteiger partial charge in [0.2, 0.25) is 0 Å². The topological polar surface area (TPSA) is 52.3 Å². The zero-order chi connectivity index (χ0) is 12.3. The highest BCUT2D eigenvalue weighted by molar-refractivity contribution is 5.88. The molecule has 0 aromatic heterocycles. The zero-order valence-electron chi connectivity index (χ0n) is 9.91. The standard InChI is InChI=1S/C13H17NO2/c1-9(14)12(15)16-11-7-5-10(6-8-11)13(2,3)4/h5-8H,1,14H2,2-4H3. The lowest BCUT2D eigenvalue weighted by Gasteiger charge is -2.18. The van der Waals surface area contributed by atoms with Gasteiger partial charge in [-0.2, -0.15) is 0 Å². The minimum Gasteiger partial charge on any atom is -0.422 e. The number of ether oxygens (including phenoxy) is 1. The van der Waals surface area contributed by atoms with Gasteiger partial charge in [0.15, 0.2) is 0 Å². The molecule has 0 heterocycles. The molecular formula is C13H17NO2. The van der Waals surface area contributed by atoms with Gasteiger partial charge in [0, 0.05) is 0 Å². The van der Waals surface area contributed by atoms with Crippen LogP contribution in [0.2, 0.25) is 0 Å². The van der Waals surface area contributed by atoms with Crippen LogP contribution in [0, 0.1) is 0 Å². The summed E-state index contributed by atoms with van der Waals surface area (Å²) in [5.74, 6) is -0.131. The maximum atomic E-state index is 11.1. The fourth-order valence-corrected chi connectivity index (χ4v) is 1.20. The summed E-state index contributed by atoms with van der Waals surface area (Å²) in [4.78, 5) is 11.1. The van der Waals surface area contributed by atoms with Crippen molar-refractivity contribution in [3.63, 3.8) is 0 Å². The molecular weight excluding hydrogens is 202 g/mol. The highest BCUT2D eigenvalue weighted by Gasteiger charge is 2.13. The third kappa shape index (κ3) is 3.12. The van der Waals surface area contributed by atoms with E-state index in [0.29, 0.717) is 5.75 Å². The second kappa shape index (κ2) is 4.39. The second-order valence-electron chi connectivity index (χ2n) is 4.69. The van der Waals surface area contributed by atoms with Crippen LogP contribution in [0.15, 0.2) is 36.5 Å². The molecule has 0 aliphatic heterocycles. The lowest BCUT2D eigenvalue weighted by Crippen LogP contribution is -2.16. The normalized spacial score (nSPS) is 10.9. The molecule has 86 valence electrons. The number of nitrogens with two attached hydrogens (primary N) is 1. The minimum atomic E-state index is -0.608. The Bertz CT molecular complexity index is 399. The Kier molecular flexibility index (Phi) is 3.38. The summed E-state index contributed by atoms with van der Waals surface area (Å²) in [6, 6.07) is 7.37. The first-order chi connectivity index (χ1) is 7.30. The van der Waals surface area contributed by atoms with E-state index < -0.39 is 5.97 Å². The molecule has 0 atom stereocenters. The molecule has 0 radical (unpaired) electrons. The summed E-state index contributed by atoms with van der Waals surface area (Å²) in [5, 5.41) is 0. The highest BCUT2D eigenvalue weighted by Crippen LogP contribution is 2.24. The van der Waals surface area contributed by atoms with Gasteiger partial charge in [-0.3, -0.25) is 0 Å². The summed E-state index contributed by atoms with van der Waals surface area (Å²) >= 11 is 0. The van der Waals surface area contributed by atoms with E-state index in [1.54, 1.807) is 12.1 Å². The van der Waals surface area contributed by atoms with E-state index in [4.69, 9.17) is 10.5 Å². The first kappa shape index (κ1) is 12.3. The van der Waals surface area contributed by atoms with Crippen LogP contribution in [0.1, 0.15) is 26.3 Å². The first-order valence-corrected chi connectivity index (χ1v) is 5.08. The molecule has 1 aromatic carbocycles. The summed E-state index contributed by atoms with van der Waals surface area (Å²) < 4.78 is 4.98. The molecule has 0 aliphatic carbocycles. The van der Waals surface area contributed by atoms with Crippen molar-refractivity contribution in [1.82, 2.24) is 0 Å². The van der Waals surface area contributed by atoms with Crippen LogP contribution in [0.25, 0.3) is 0 Å². The summed E-state index contributed by atoms with van der Waals surface area (Å²) in [7, 11) is 0. The summed E-state index contributed by atoms with van der Waals surface area (Å²) in [6.45, 7) is 9.67. The lowest BCUT2D eigenvalue weighted by molar-refractivity contribution is -0.130. The number of hydrogen-bond donors (Lipinski definition) is 1. The van der Waals surface area contributed by atoms with E-state index in [9.17, 15) is 4.79 Å². The van der Waals surface area contributed by atoms with Crippen molar-refractivity contribution in [3.05, 3.63) is 42.1 Å². The Hall–Kier alpha value is -1.77. The van der Waals surface area contributed by atoms with Crippen LogP contribution in [0.4, 0.5) is 0 Å². The third-order valence-electron chi connectivity index (χ3n) is 2.19. The van der Waals surface area contributed by atoms with Crippen molar-refractivity contribution < 1.29 is 9.53 Å². The van der Waals surface area contributed by atoms with Crippen LogP contribution < -0.4 is 10.5 Å². The Morgan fingerprint density at radius 3 is 2.12 bits per heavy atom. The Balaban J connectivity index is 2.80. The fourth-order valence-electron chi connectivity index (χ4n) is 1.20. The molecule has 0 amide bonds. The number of hydrogen-bond acceptors (Lipinski definition) is 3. The van der Waals surface area contributed by atoms with Crippen molar-refractivity contribution >= 4 is 5.97 Å². The summed E-state index contributed by atoms with van der Waals surface area (Å²) in [5.41, 5.74) is 6.38. The maximum Gasteiger partial charge on any atom is 0.358 e. The summed E-state index contributed by atoms with van der Waals surface area (Å²) in [6.07, 6.45) is 0. The Morgan fingerprint density at radius 2 is 1.75 bits per heavy atom. The number of rotatable bonds is 2. The molecule has 0 fully saturated rings. The maximum absolute atomic E-state index is 11.1. The SMILES string of the molecule is C=C(N)C(=O)Oc1ccc(C(C)(C)C)cc1. The van der Waals surface area contributed by atoms with Gasteiger partial charge in [-0.05, 0) is 23.1 Å². The fraction of sp³-hybridized carbons (Fsp3) is 0.308. The molecule has 0 aliphatic rings. The third-order valence-corrected chi connectivity index (χ3v) is 2.19. The second-order valence-corrected chi connectivity index (χ2v) is 4.69. The number of carbonyl (C=O) groups excluding carboxylic acids is 1. The molecule has 0 saturated carbocycles. The molecule has 1 rings (SSSR count). The molecule has 2 N–H and O–H groups in total. The predicted octanol–water partition coefficient (Wildman–Crippen LogP) is 2.36. The van der Waals surface area contributed by atoms with Gasteiger partial charge in [-0.25, -0.2) is 4.79 Å². The van der Waals surface area contributed by atoms with Crippen LogP contribution in [0.3, 0.4) is 0 Å². The van der Waals surface area contributed by atoms with Gasteiger partial charge in [-0.1, -0.05) is 39.5 Å². The van der Waals surface area contributed by atoms with Gasteiger partial charge in [0.1, 0.15) is 11.4 Å². The van der Waals surface area contributed by atoms with Crippen molar-refractivity contribution in [2.75, 3.05) is 0 Å². The lowest BCUT2D eigenvalue weighted by atomic mass is 9.87. The van der Waals surface area contributed by atoms with E-state index in [0.717, 1.165) is 0 Å². The van der Waals surface area contributed by atoms with Crippen molar-refractivity contribution in [3.8, 4) is 5.75 Å². The van der Waals surface area contributed by atoms with Gasteiger partial charge < -0.3 is 10.5 Å². The molecule has 3 heteroatoms. The minimum absolute atomic E-state index is 0.0833. The van der Waals surface area contributed by atoms with Crippen molar-refractivity contribution in [2.45, 2.75) is 26.2 Å². The van der Waals surface area contributed by atoms with Crippen LogP contribution in [0.5, 0.6) is 5.75 Å². The van der Waals surface area contributed by atoms with Crippen molar-refractivity contribution in [1.29, 1.82) is 0 Å². The molecule has 1 aromatic rings. The van der Waals surface area contributed by atoms with Crippen LogP contribution >= 0.6 is 0 Å². The smallest absolute Gasteiger partial charge is 0.358 e. The quantitative estimate of drug-likeness (QED) is 0.472. The van der Waals surface area contributed by atoms with Crippen molar-refractivity contribution in [2.24, 2.45) is 5.73 Å². The molecule has 0 saturated heterocycles. The zero-order valence-corrected chi connectivity index (χ0v) is 9.91. The molecule has 3 nitrogen and oxygen atoms in total. The van der Waals surface area contributed by atoms with Gasteiger partial charge in [0.25, 0.3) is 0 Å². The predicted molar refractivity (Wildman–Crippen MR) is 64.1 cm³/mol. The van der Waals surface area contributed by atoms with E-state index in [2.05, 4.69) is 27.4 Å². The number of carbonyl (C=O) groups is 1. The first-order valence-electron chi connectivity index (χ1n) is 5.08. The Labute approximate surface area is 95.9 Å². The van der Waals surface area contributed by atoms with E-state index in [-0.39, 0.29) is 11.1 Å². The molecule has 0 bridgehead atoms. The molecule has 0 unspecified atom stereocenters. The Morgan fingerprint density at radius 1 is 1.25 bits per heavy atom. The monoisotopic (exact) mass is 219 g/mol. The molecule has 16 heavy (non-hydrogen) atoms.